The number of nitrogens with one attached hydrogen (secondary N) is 1. The smallest absolute Gasteiger partial charge is 0.354 e. The number of halogens is 6. The number of aromatic nitrogens is 2. The third-order valence-corrected chi connectivity index (χ3v) is 6.86. The Morgan fingerprint density at radius 3 is 2.26 bits per heavy atom. The van der Waals surface area contributed by atoms with Gasteiger partial charge >= 0.3 is 6.18 Å². The summed E-state index contributed by atoms with van der Waals surface area (Å²) < 4.78 is 84.7. The van der Waals surface area contributed by atoms with E-state index in [2.05, 4.69) is 9.88 Å². The second kappa shape index (κ2) is 9.61. The Bertz CT molecular complexity index is 1440. The number of fused-ring (bicyclic) bond motifs is 1. The number of carbonyl (C=O) groups is 1. The van der Waals surface area contributed by atoms with E-state index in [0.717, 1.165) is 10.8 Å². The molecule has 0 radical (unpaired) electrons. The second-order valence-corrected chi connectivity index (χ2v) is 9.62. The zero-order valence-corrected chi connectivity index (χ0v) is 20.2. The lowest BCUT2D eigenvalue weighted by Crippen LogP contribution is -2.48. The molecule has 7 nitrogen and oxygen atoms in total. The van der Waals surface area contributed by atoms with Crippen molar-refractivity contribution in [3.63, 3.8) is 0 Å². The van der Waals surface area contributed by atoms with Gasteiger partial charge in [0.2, 0.25) is 5.43 Å². The van der Waals surface area contributed by atoms with Gasteiger partial charge in [0, 0.05) is 44.5 Å². The van der Waals surface area contributed by atoms with Crippen LogP contribution in [-0.4, -0.2) is 65.8 Å². The lowest BCUT2D eigenvalue weighted by molar-refractivity contribution is -0.158. The van der Waals surface area contributed by atoms with Gasteiger partial charge in [0.1, 0.15) is 28.9 Å². The number of amides is 1. The van der Waals surface area contributed by atoms with Crippen LogP contribution in [0.25, 0.3) is 16.7 Å². The van der Waals surface area contributed by atoms with Crippen molar-refractivity contribution in [3.05, 3.63) is 63.7 Å². The van der Waals surface area contributed by atoms with E-state index in [9.17, 15) is 35.9 Å². The molecule has 2 aromatic heterocycles. The molecule has 13 heteroatoms. The number of hydrogen-bond donors (Lipinski definition) is 1. The Labute approximate surface area is 212 Å². The third kappa shape index (κ3) is 4.94. The highest BCUT2D eigenvalue weighted by atomic mass is 19.4. The lowest BCUT2D eigenvalue weighted by Gasteiger charge is -2.33. The average Bonchev–Trinajstić information content (AvgIpc) is 3.68. The van der Waals surface area contributed by atoms with Gasteiger partial charge in [0.25, 0.3) is 5.91 Å². The summed E-state index contributed by atoms with van der Waals surface area (Å²) in [4.78, 5) is 34.6. The summed E-state index contributed by atoms with van der Waals surface area (Å²) in [6, 6.07) is 1.47. The van der Waals surface area contributed by atoms with Crippen LogP contribution < -0.4 is 15.6 Å². The van der Waals surface area contributed by atoms with Crippen LogP contribution in [-0.2, 0) is 0 Å². The number of benzene rings is 1. The molecule has 1 aromatic carbocycles. The van der Waals surface area contributed by atoms with E-state index in [1.54, 1.807) is 0 Å². The van der Waals surface area contributed by atoms with E-state index in [4.69, 9.17) is 0 Å². The van der Waals surface area contributed by atoms with Crippen molar-refractivity contribution in [1.29, 1.82) is 0 Å². The molecule has 38 heavy (non-hydrogen) atoms. The third-order valence-electron chi connectivity index (χ3n) is 6.86. The Morgan fingerprint density at radius 1 is 1.05 bits per heavy atom. The van der Waals surface area contributed by atoms with Crippen molar-refractivity contribution in [2.75, 3.05) is 38.1 Å². The number of nitrogens with zero attached hydrogens (tertiary/aromatic N) is 4. The number of pyridine rings is 2. The maximum absolute atomic E-state index is 14.9. The standard InChI is InChI=1S/C25H23F6N5O2/c1-34-6-8-35(9-7-34)19-5-4-15-21(37)16(24(38)33-22(13-2-3-13)25(29,30)31)12-36(23(15)32-19)20-17(27)10-14(26)11-18(20)28/h4-5,10-13,22H,2-3,6-9H2,1H3,(H,33,38)/t22-/m0/s1. The van der Waals surface area contributed by atoms with Gasteiger partial charge in [-0.3, -0.25) is 14.2 Å². The van der Waals surface area contributed by atoms with Gasteiger partial charge in [0.05, 0.1) is 5.39 Å². The SMILES string of the molecule is CN1CCN(c2ccc3c(=O)c(C(=O)N[C@@H](C4CC4)C(F)(F)F)cn(-c4c(F)cc(F)cc4F)c3n2)CC1. The molecule has 1 atom stereocenters. The molecule has 2 fully saturated rings. The van der Waals surface area contributed by atoms with Crippen molar-refractivity contribution in [2.24, 2.45) is 5.92 Å². The molecule has 5 rings (SSSR count). The van der Waals surface area contributed by atoms with Crippen molar-refractivity contribution in [2.45, 2.75) is 25.1 Å². The van der Waals surface area contributed by atoms with Gasteiger partial charge in [-0.2, -0.15) is 13.2 Å². The quantitative estimate of drug-likeness (QED) is 0.502. The van der Waals surface area contributed by atoms with E-state index in [0.29, 0.717) is 44.1 Å². The molecule has 3 heterocycles. The fourth-order valence-corrected chi connectivity index (χ4v) is 4.62. The molecule has 1 aliphatic carbocycles. The summed E-state index contributed by atoms with van der Waals surface area (Å²) in [5.41, 5.74) is -2.78. The first-order valence-corrected chi connectivity index (χ1v) is 12.0. The maximum Gasteiger partial charge on any atom is 0.408 e. The van der Waals surface area contributed by atoms with Gasteiger partial charge in [-0.25, -0.2) is 18.2 Å². The Kier molecular flexibility index (Phi) is 6.58. The van der Waals surface area contributed by atoms with Crippen molar-refractivity contribution in [3.8, 4) is 5.69 Å². The van der Waals surface area contributed by atoms with Gasteiger partial charge in [-0.15, -0.1) is 0 Å². The normalized spacial score (nSPS) is 17.6. The number of piperazine rings is 1. The first-order valence-electron chi connectivity index (χ1n) is 12.0. The van der Waals surface area contributed by atoms with Crippen LogP contribution in [0.1, 0.15) is 23.2 Å². The van der Waals surface area contributed by atoms with Crippen molar-refractivity contribution >= 4 is 22.8 Å². The predicted molar refractivity (Wildman–Crippen MR) is 127 cm³/mol. The minimum atomic E-state index is -4.75. The number of hydrogen-bond acceptors (Lipinski definition) is 5. The fourth-order valence-electron chi connectivity index (χ4n) is 4.62. The molecular formula is C25H23F6N5O2. The molecule has 1 saturated heterocycles. The zero-order valence-electron chi connectivity index (χ0n) is 20.2. The topological polar surface area (TPSA) is 70.5 Å². The van der Waals surface area contributed by atoms with E-state index < -0.39 is 58.2 Å². The molecular weight excluding hydrogens is 516 g/mol. The molecule has 2 aliphatic rings. The first kappa shape index (κ1) is 26.0. The zero-order chi connectivity index (χ0) is 27.4. The van der Waals surface area contributed by atoms with Gasteiger partial charge < -0.3 is 15.1 Å². The maximum atomic E-state index is 14.9. The minimum Gasteiger partial charge on any atom is -0.354 e. The van der Waals surface area contributed by atoms with Crippen molar-refractivity contribution in [1.82, 2.24) is 19.8 Å². The van der Waals surface area contributed by atoms with Crippen LogP contribution in [0.4, 0.5) is 32.2 Å². The summed E-state index contributed by atoms with van der Waals surface area (Å²) in [5.74, 6) is -5.67. The number of anilines is 1. The first-order chi connectivity index (χ1) is 17.9. The summed E-state index contributed by atoms with van der Waals surface area (Å²) in [6.45, 7) is 2.60. The fraction of sp³-hybridized carbons (Fsp3) is 0.400. The molecule has 0 unspecified atom stereocenters. The highest BCUT2D eigenvalue weighted by molar-refractivity contribution is 5.97. The minimum absolute atomic E-state index is 0.234. The monoisotopic (exact) mass is 539 g/mol. The molecule has 202 valence electrons. The summed E-state index contributed by atoms with van der Waals surface area (Å²) in [6.07, 6.45) is -3.48. The summed E-state index contributed by atoms with van der Waals surface area (Å²) in [5, 5.41) is 1.62. The van der Waals surface area contributed by atoms with Crippen LogP contribution >= 0.6 is 0 Å². The van der Waals surface area contributed by atoms with Crippen LogP contribution in [0, 0.1) is 23.4 Å². The Balaban J connectivity index is 1.67. The molecule has 0 bridgehead atoms. The highest BCUT2D eigenvalue weighted by Gasteiger charge is 2.50. The summed E-state index contributed by atoms with van der Waals surface area (Å²) >= 11 is 0. The molecule has 1 N–H and O–H groups in total. The van der Waals surface area contributed by atoms with Crippen LogP contribution in [0.5, 0.6) is 0 Å². The molecule has 1 saturated carbocycles. The van der Waals surface area contributed by atoms with Crippen LogP contribution in [0.3, 0.4) is 0 Å². The summed E-state index contributed by atoms with van der Waals surface area (Å²) in [7, 11) is 1.95. The van der Waals surface area contributed by atoms with Crippen molar-refractivity contribution < 1.29 is 31.1 Å². The Hall–Kier alpha value is -3.61. The largest absolute Gasteiger partial charge is 0.408 e. The predicted octanol–water partition coefficient (Wildman–Crippen LogP) is 3.63. The van der Waals surface area contributed by atoms with E-state index in [1.807, 2.05) is 17.3 Å². The molecule has 3 aromatic rings. The average molecular weight is 539 g/mol. The van der Waals surface area contributed by atoms with Crippen LogP contribution in [0.15, 0.2) is 35.3 Å². The highest BCUT2D eigenvalue weighted by Crippen LogP contribution is 2.40. The van der Waals surface area contributed by atoms with E-state index >= 15 is 0 Å². The van der Waals surface area contributed by atoms with Gasteiger partial charge in [0.15, 0.2) is 17.3 Å². The van der Waals surface area contributed by atoms with Gasteiger partial charge in [-0.1, -0.05) is 0 Å². The Morgan fingerprint density at radius 2 is 1.68 bits per heavy atom. The number of alkyl halides is 3. The second-order valence-electron chi connectivity index (χ2n) is 9.62. The van der Waals surface area contributed by atoms with Gasteiger partial charge in [-0.05, 0) is 37.9 Å². The molecule has 1 aliphatic heterocycles. The lowest BCUT2D eigenvalue weighted by atomic mass is 10.1. The molecule has 1 amide bonds. The van der Waals surface area contributed by atoms with E-state index in [-0.39, 0.29) is 23.9 Å². The number of likely N-dealkylation sites (N-methyl/N-ethyl adjacent to an activating group) is 1. The van der Waals surface area contributed by atoms with Crippen LogP contribution in [0.2, 0.25) is 0 Å². The molecule has 0 spiro atoms. The number of carbonyl (C=O) groups excluding carboxylic acids is 1. The van der Waals surface area contributed by atoms with E-state index in [1.165, 1.54) is 12.1 Å². The number of rotatable bonds is 5.